The molecule has 2 fully saturated rings. The van der Waals surface area contributed by atoms with Gasteiger partial charge in [0.25, 0.3) is 5.92 Å². The van der Waals surface area contributed by atoms with Crippen LogP contribution in [0.15, 0.2) is 18.2 Å². The highest BCUT2D eigenvalue weighted by Gasteiger charge is 2.46. The Bertz CT molecular complexity index is 1360. The summed E-state index contributed by atoms with van der Waals surface area (Å²) in [6.07, 6.45) is -3.34. The summed E-state index contributed by atoms with van der Waals surface area (Å²) < 4.78 is 83.7. The molecule has 1 saturated carbocycles. The SMILES string of the molecule is CC(C)(C)[S@@](=O)N[C@H](c1nc2cc([C@@H](O)NC(=O)CC3CC(F)(F)C3)ccc2n1COCC[Si-](C)(C)C)[C@H]1CCC(F)(F)CO1. The number of aliphatic hydroxyl groups is 1. The van der Waals surface area contributed by atoms with E-state index in [0.717, 1.165) is 6.04 Å². The fraction of sp³-hybridized carbons (Fsp3) is 0.733. The zero-order valence-electron chi connectivity index (χ0n) is 26.8. The molecule has 0 unspecified atom stereocenters. The van der Waals surface area contributed by atoms with Gasteiger partial charge in [0.05, 0.1) is 32.9 Å². The Morgan fingerprint density at radius 1 is 1.22 bits per heavy atom. The summed E-state index contributed by atoms with van der Waals surface area (Å²) >= 11 is 0. The largest absolute Gasteiger partial charge is 0.370 e. The Morgan fingerprint density at radius 3 is 2.49 bits per heavy atom. The fourth-order valence-electron chi connectivity index (χ4n) is 5.32. The molecular weight excluding hydrogens is 632 g/mol. The lowest BCUT2D eigenvalue weighted by Crippen LogP contribution is -2.46. The Kier molecular flexibility index (Phi) is 10.9. The second kappa shape index (κ2) is 13.7. The number of aliphatic hydroxyl groups excluding tert-OH is 1. The quantitative estimate of drug-likeness (QED) is 0.107. The summed E-state index contributed by atoms with van der Waals surface area (Å²) in [5.74, 6) is -6.28. The lowest BCUT2D eigenvalue weighted by atomic mass is 9.79. The maximum absolute atomic E-state index is 14.1. The van der Waals surface area contributed by atoms with E-state index in [1.807, 2.05) is 0 Å². The number of carbonyl (C=O) groups is 1. The molecule has 15 heteroatoms. The molecule has 4 rings (SSSR count). The summed E-state index contributed by atoms with van der Waals surface area (Å²) in [6.45, 7) is 11.9. The highest BCUT2D eigenvalue weighted by Crippen LogP contribution is 2.44. The van der Waals surface area contributed by atoms with E-state index in [9.17, 15) is 31.7 Å². The third-order valence-electron chi connectivity index (χ3n) is 8.02. The normalized spacial score (nSPS) is 22.5. The lowest BCUT2D eigenvalue weighted by Gasteiger charge is -2.35. The number of aromatic nitrogens is 2. The van der Waals surface area contributed by atoms with Crippen LogP contribution in [0.5, 0.6) is 0 Å². The predicted molar refractivity (Wildman–Crippen MR) is 167 cm³/mol. The van der Waals surface area contributed by atoms with Gasteiger partial charge < -0.3 is 24.5 Å². The number of rotatable bonds is 13. The first-order valence-electron chi connectivity index (χ1n) is 15.3. The van der Waals surface area contributed by atoms with Gasteiger partial charge in [-0.1, -0.05) is 6.07 Å². The second-order valence-electron chi connectivity index (χ2n) is 14.5. The zero-order valence-corrected chi connectivity index (χ0v) is 28.6. The lowest BCUT2D eigenvalue weighted by molar-refractivity contribution is -0.150. The van der Waals surface area contributed by atoms with Crippen molar-refractivity contribution in [3.8, 4) is 0 Å². The first kappa shape index (κ1) is 35.9. The average molecular weight is 679 g/mol. The molecule has 0 radical (unpaired) electrons. The summed E-state index contributed by atoms with van der Waals surface area (Å²) in [4.78, 5) is 17.2. The zero-order chi connectivity index (χ0) is 33.4. The molecular formula is C30H46F4N4O5SSi-. The third kappa shape index (κ3) is 9.80. The van der Waals surface area contributed by atoms with Crippen molar-refractivity contribution < 1.29 is 41.1 Å². The molecule has 0 spiro atoms. The Balaban J connectivity index is 1.64. The van der Waals surface area contributed by atoms with Gasteiger partial charge in [-0.2, -0.15) is 19.6 Å². The number of alkyl halides is 4. The van der Waals surface area contributed by atoms with Crippen molar-refractivity contribution in [1.82, 2.24) is 19.6 Å². The van der Waals surface area contributed by atoms with Gasteiger partial charge in [0.1, 0.15) is 25.2 Å². The van der Waals surface area contributed by atoms with Gasteiger partial charge >= 0.3 is 0 Å². The van der Waals surface area contributed by atoms with Crippen LogP contribution in [0.4, 0.5) is 17.6 Å². The molecule has 2 aliphatic rings. The average Bonchev–Trinajstić information content (AvgIpc) is 3.25. The van der Waals surface area contributed by atoms with E-state index in [1.54, 1.807) is 43.5 Å². The fourth-order valence-corrected chi connectivity index (χ4v) is 6.91. The van der Waals surface area contributed by atoms with Gasteiger partial charge in [0.15, 0.2) is 6.23 Å². The number of benzene rings is 1. The van der Waals surface area contributed by atoms with Crippen LogP contribution >= 0.6 is 0 Å². The number of halogens is 4. The summed E-state index contributed by atoms with van der Waals surface area (Å²) in [5.41, 5.74) is 1.37. The van der Waals surface area contributed by atoms with Gasteiger partial charge in [-0.05, 0) is 45.2 Å². The van der Waals surface area contributed by atoms with E-state index in [0.29, 0.717) is 29.0 Å². The van der Waals surface area contributed by atoms with Crippen LogP contribution in [0.1, 0.15) is 76.5 Å². The number of hydrogen-bond donors (Lipinski definition) is 3. The molecule has 1 saturated heterocycles. The highest BCUT2D eigenvalue weighted by atomic mass is 32.2. The van der Waals surface area contributed by atoms with Crippen LogP contribution < -0.4 is 10.0 Å². The Labute approximate surface area is 265 Å². The van der Waals surface area contributed by atoms with E-state index in [2.05, 4.69) is 29.7 Å². The van der Waals surface area contributed by atoms with Crippen molar-refractivity contribution in [2.45, 2.75) is 120 Å². The van der Waals surface area contributed by atoms with Crippen molar-refractivity contribution in [3.63, 3.8) is 0 Å². The minimum absolute atomic E-state index is 0.00855. The molecule has 9 nitrogen and oxygen atoms in total. The van der Waals surface area contributed by atoms with Crippen LogP contribution in [-0.4, -0.2) is 68.8 Å². The van der Waals surface area contributed by atoms with Gasteiger partial charge in [-0.3, -0.25) is 4.79 Å². The smallest absolute Gasteiger partial charge is 0.271 e. The molecule has 0 bridgehead atoms. The standard InChI is InChI=1S/C30H46F4N4O5SSi/c1-28(2,3)44(41)37-25(23-9-10-29(31,32)17-43-23)26-35-21-14-20(27(40)36-24(39)13-19-15-30(33,34)16-19)7-8-22(21)38(26)18-42-11-12-45(4,5)6/h7-8,14,19,23,25,27,37,40H,9-13,15-18H2,1-6H3,(H,36,39)/q-1/t23-,25+,27-,44-/m1/s1. The molecule has 2 aromatic rings. The molecule has 4 atom stereocenters. The summed E-state index contributed by atoms with van der Waals surface area (Å²) in [7, 11) is -3.00. The van der Waals surface area contributed by atoms with Gasteiger partial charge in [-0.25, -0.2) is 31.5 Å². The van der Waals surface area contributed by atoms with Crippen molar-refractivity contribution in [1.29, 1.82) is 0 Å². The molecule has 2 heterocycles. The van der Waals surface area contributed by atoms with Gasteiger partial charge in [0, 0.05) is 37.9 Å². The molecule has 1 aromatic carbocycles. The number of imidazole rings is 1. The van der Waals surface area contributed by atoms with Crippen LogP contribution in [0.3, 0.4) is 0 Å². The Hall–Kier alpha value is -1.91. The molecule has 1 aliphatic carbocycles. The first-order valence-corrected chi connectivity index (χ1v) is 20.2. The predicted octanol–water partition coefficient (Wildman–Crippen LogP) is 5.80. The van der Waals surface area contributed by atoms with Crippen LogP contribution in [0.25, 0.3) is 11.0 Å². The molecule has 1 aliphatic heterocycles. The van der Waals surface area contributed by atoms with Crippen LogP contribution in [0, 0.1) is 5.92 Å². The van der Waals surface area contributed by atoms with E-state index >= 15 is 0 Å². The number of fused-ring (bicyclic) bond motifs is 1. The topological polar surface area (TPSA) is 115 Å². The summed E-state index contributed by atoms with van der Waals surface area (Å²) in [6, 6.07) is 5.00. The second-order valence-corrected chi connectivity index (χ2v) is 22.1. The number of hydrogen-bond acceptors (Lipinski definition) is 6. The maximum atomic E-state index is 14.1. The molecule has 3 N–H and O–H groups in total. The van der Waals surface area contributed by atoms with E-state index in [4.69, 9.17) is 14.5 Å². The van der Waals surface area contributed by atoms with Crippen molar-refractivity contribution in [2.24, 2.45) is 5.92 Å². The van der Waals surface area contributed by atoms with E-state index in [1.165, 1.54) is 0 Å². The van der Waals surface area contributed by atoms with Gasteiger partial charge in [-0.15, -0.1) is 14.1 Å². The first-order chi connectivity index (χ1) is 20.7. The minimum Gasteiger partial charge on any atom is -0.370 e. The summed E-state index contributed by atoms with van der Waals surface area (Å²) in [5, 5.41) is 13.2. The van der Waals surface area contributed by atoms with Crippen LogP contribution in [0.2, 0.25) is 25.7 Å². The number of ether oxygens (including phenoxy) is 2. The van der Waals surface area contributed by atoms with Crippen molar-refractivity contribution in [3.05, 3.63) is 29.6 Å². The highest BCUT2D eigenvalue weighted by molar-refractivity contribution is 7.84. The van der Waals surface area contributed by atoms with Crippen LogP contribution in [-0.2, 0) is 32.0 Å². The van der Waals surface area contributed by atoms with Crippen molar-refractivity contribution >= 4 is 36.0 Å². The number of amides is 1. The Morgan fingerprint density at radius 2 is 1.91 bits per heavy atom. The molecule has 45 heavy (non-hydrogen) atoms. The number of nitrogens with one attached hydrogen (secondary N) is 2. The molecule has 1 aromatic heterocycles. The number of carbonyl (C=O) groups excluding carboxylic acids is 1. The minimum atomic E-state index is -2.96. The van der Waals surface area contributed by atoms with E-state index < -0.39 is 72.5 Å². The maximum Gasteiger partial charge on any atom is 0.271 e. The van der Waals surface area contributed by atoms with E-state index in [-0.39, 0.29) is 38.8 Å². The molecule has 1 amide bonds. The molecule has 255 valence electrons. The third-order valence-corrected chi connectivity index (χ3v) is 11.3. The van der Waals surface area contributed by atoms with Crippen molar-refractivity contribution in [2.75, 3.05) is 13.2 Å². The number of nitrogens with zero attached hydrogens (tertiary/aromatic N) is 2. The van der Waals surface area contributed by atoms with Gasteiger partial charge in [0.2, 0.25) is 11.8 Å². The monoisotopic (exact) mass is 678 g/mol.